The Balaban J connectivity index is 1.72. The lowest BCUT2D eigenvalue weighted by Gasteiger charge is -2.35. The van der Waals surface area contributed by atoms with Crippen LogP contribution in [0, 0.1) is 5.92 Å². The molecule has 0 bridgehead atoms. The average molecular weight is 272 g/mol. The highest BCUT2D eigenvalue weighted by molar-refractivity contribution is 5.84. The smallest absolute Gasteiger partial charge is 0.230 e. The zero-order chi connectivity index (χ0) is 13.9. The molecule has 1 aliphatic heterocycles. The molecule has 0 radical (unpaired) electrons. The van der Waals surface area contributed by atoms with Gasteiger partial charge < -0.3 is 9.80 Å². The Morgan fingerprint density at radius 1 is 1.10 bits per heavy atom. The largest absolute Gasteiger partial charge is 0.342 e. The Morgan fingerprint density at radius 2 is 1.75 bits per heavy atom. The van der Waals surface area contributed by atoms with E-state index >= 15 is 0 Å². The van der Waals surface area contributed by atoms with Gasteiger partial charge in [0.25, 0.3) is 0 Å². The maximum atomic E-state index is 12.8. The van der Waals surface area contributed by atoms with E-state index in [-0.39, 0.29) is 11.8 Å². The quantitative estimate of drug-likeness (QED) is 0.779. The highest BCUT2D eigenvalue weighted by atomic mass is 16.2. The van der Waals surface area contributed by atoms with Gasteiger partial charge in [0, 0.05) is 26.2 Å². The third kappa shape index (κ3) is 2.69. The summed E-state index contributed by atoms with van der Waals surface area (Å²) in [5, 5.41) is 0. The first-order valence-corrected chi connectivity index (χ1v) is 7.32. The van der Waals surface area contributed by atoms with Gasteiger partial charge in [-0.25, -0.2) is 0 Å². The molecule has 1 aromatic rings. The molecule has 106 valence electrons. The predicted molar refractivity (Wildman–Crippen MR) is 76.1 cm³/mol. The fraction of sp³-hybridized carbons (Fsp3) is 0.500. The van der Waals surface area contributed by atoms with Crippen LogP contribution < -0.4 is 0 Å². The van der Waals surface area contributed by atoms with Crippen LogP contribution in [0.25, 0.3) is 0 Å². The number of rotatable bonds is 4. The van der Waals surface area contributed by atoms with Gasteiger partial charge in [-0.2, -0.15) is 0 Å². The molecule has 0 aromatic heterocycles. The monoisotopic (exact) mass is 272 g/mol. The normalized spacial score (nSPS) is 20.6. The molecule has 1 saturated heterocycles. The van der Waals surface area contributed by atoms with Gasteiger partial charge in [-0.3, -0.25) is 9.59 Å². The summed E-state index contributed by atoms with van der Waals surface area (Å²) < 4.78 is 0. The zero-order valence-corrected chi connectivity index (χ0v) is 11.6. The average Bonchev–Trinajstić information content (AvgIpc) is 3.33. The van der Waals surface area contributed by atoms with E-state index in [0.29, 0.717) is 32.1 Å². The third-order valence-electron chi connectivity index (χ3n) is 4.29. The Kier molecular flexibility index (Phi) is 3.72. The van der Waals surface area contributed by atoms with Crippen LogP contribution in [0.1, 0.15) is 24.3 Å². The van der Waals surface area contributed by atoms with Crippen molar-refractivity contribution in [3.63, 3.8) is 0 Å². The fourth-order valence-corrected chi connectivity index (χ4v) is 2.95. The number of carbonyl (C=O) groups excluding carboxylic acids is 2. The Bertz CT molecular complexity index is 477. The van der Waals surface area contributed by atoms with Gasteiger partial charge in [0.1, 0.15) is 0 Å². The third-order valence-corrected chi connectivity index (χ3v) is 4.29. The standard InChI is InChI=1S/C16H20N2O2/c19-12-17-8-10-18(11-9-17)16(20)15(14-6-7-14)13-4-2-1-3-5-13/h1-5,12,14-15H,6-11H2. The number of hydrogen-bond donors (Lipinski definition) is 0. The zero-order valence-electron chi connectivity index (χ0n) is 11.6. The molecular weight excluding hydrogens is 252 g/mol. The summed E-state index contributed by atoms with van der Waals surface area (Å²) in [6, 6.07) is 10.1. The molecule has 1 aliphatic carbocycles. The van der Waals surface area contributed by atoms with Crippen molar-refractivity contribution >= 4 is 12.3 Å². The summed E-state index contributed by atoms with van der Waals surface area (Å²) >= 11 is 0. The van der Waals surface area contributed by atoms with E-state index in [2.05, 4.69) is 12.1 Å². The highest BCUT2D eigenvalue weighted by Crippen LogP contribution is 2.43. The van der Waals surface area contributed by atoms with Gasteiger partial charge in [0.2, 0.25) is 12.3 Å². The molecule has 1 unspecified atom stereocenters. The van der Waals surface area contributed by atoms with E-state index < -0.39 is 0 Å². The summed E-state index contributed by atoms with van der Waals surface area (Å²) in [6.07, 6.45) is 3.18. The van der Waals surface area contributed by atoms with Crippen LogP contribution in [0.4, 0.5) is 0 Å². The minimum atomic E-state index is 0.0129. The Labute approximate surface area is 119 Å². The topological polar surface area (TPSA) is 40.6 Å². The van der Waals surface area contributed by atoms with E-state index in [1.165, 1.54) is 0 Å². The summed E-state index contributed by atoms with van der Waals surface area (Å²) in [5.74, 6) is 0.761. The van der Waals surface area contributed by atoms with Gasteiger partial charge in [-0.1, -0.05) is 30.3 Å². The lowest BCUT2D eigenvalue weighted by molar-refractivity contribution is -0.137. The second-order valence-electron chi connectivity index (χ2n) is 5.69. The van der Waals surface area contributed by atoms with Crippen molar-refractivity contribution in [3.8, 4) is 0 Å². The molecule has 1 aromatic carbocycles. The molecule has 20 heavy (non-hydrogen) atoms. The number of hydrogen-bond acceptors (Lipinski definition) is 2. The number of nitrogens with zero attached hydrogens (tertiary/aromatic N) is 2. The summed E-state index contributed by atoms with van der Waals surface area (Å²) in [6.45, 7) is 2.63. The number of benzene rings is 1. The fourth-order valence-electron chi connectivity index (χ4n) is 2.95. The van der Waals surface area contributed by atoms with Gasteiger partial charge >= 0.3 is 0 Å². The first kappa shape index (κ1) is 13.2. The molecule has 4 heteroatoms. The van der Waals surface area contributed by atoms with Crippen molar-refractivity contribution in [2.45, 2.75) is 18.8 Å². The minimum absolute atomic E-state index is 0.0129. The Morgan fingerprint density at radius 3 is 2.30 bits per heavy atom. The van der Waals surface area contributed by atoms with E-state index in [9.17, 15) is 9.59 Å². The Hall–Kier alpha value is -1.84. The van der Waals surface area contributed by atoms with Crippen molar-refractivity contribution < 1.29 is 9.59 Å². The SMILES string of the molecule is O=CN1CCN(C(=O)C(c2ccccc2)C2CC2)CC1. The van der Waals surface area contributed by atoms with Crippen molar-refractivity contribution in [2.75, 3.05) is 26.2 Å². The van der Waals surface area contributed by atoms with Crippen LogP contribution in [0.2, 0.25) is 0 Å². The molecule has 0 N–H and O–H groups in total. The number of piperazine rings is 1. The maximum Gasteiger partial charge on any atom is 0.230 e. The van der Waals surface area contributed by atoms with Crippen LogP contribution in [0.3, 0.4) is 0 Å². The maximum absolute atomic E-state index is 12.8. The van der Waals surface area contributed by atoms with Crippen LogP contribution in [0.15, 0.2) is 30.3 Å². The number of carbonyl (C=O) groups is 2. The van der Waals surface area contributed by atoms with Crippen LogP contribution >= 0.6 is 0 Å². The van der Waals surface area contributed by atoms with Gasteiger partial charge in [-0.05, 0) is 24.3 Å². The van der Waals surface area contributed by atoms with Gasteiger partial charge in [0.15, 0.2) is 0 Å². The lowest BCUT2D eigenvalue weighted by atomic mass is 9.92. The second kappa shape index (κ2) is 5.65. The molecule has 2 fully saturated rings. The molecule has 0 spiro atoms. The lowest BCUT2D eigenvalue weighted by Crippen LogP contribution is -2.49. The molecule has 1 saturated carbocycles. The van der Waals surface area contributed by atoms with Crippen molar-refractivity contribution in [1.29, 1.82) is 0 Å². The summed E-state index contributed by atoms with van der Waals surface area (Å²) in [7, 11) is 0. The molecule has 3 rings (SSSR count). The highest BCUT2D eigenvalue weighted by Gasteiger charge is 2.39. The van der Waals surface area contributed by atoms with E-state index in [1.54, 1.807) is 4.90 Å². The minimum Gasteiger partial charge on any atom is -0.342 e. The molecule has 2 aliphatic rings. The van der Waals surface area contributed by atoms with Gasteiger partial charge in [-0.15, -0.1) is 0 Å². The second-order valence-corrected chi connectivity index (χ2v) is 5.69. The van der Waals surface area contributed by atoms with E-state index in [4.69, 9.17) is 0 Å². The van der Waals surface area contributed by atoms with Crippen LogP contribution in [-0.4, -0.2) is 48.3 Å². The summed E-state index contributed by atoms with van der Waals surface area (Å²) in [5.41, 5.74) is 1.14. The molecule has 4 nitrogen and oxygen atoms in total. The van der Waals surface area contributed by atoms with E-state index in [1.807, 2.05) is 23.1 Å². The molecule has 1 atom stereocenters. The summed E-state index contributed by atoms with van der Waals surface area (Å²) in [4.78, 5) is 27.2. The number of amides is 2. The van der Waals surface area contributed by atoms with Crippen molar-refractivity contribution in [1.82, 2.24) is 9.80 Å². The van der Waals surface area contributed by atoms with Crippen LogP contribution in [-0.2, 0) is 9.59 Å². The van der Waals surface area contributed by atoms with Gasteiger partial charge in [0.05, 0.1) is 5.92 Å². The first-order valence-electron chi connectivity index (χ1n) is 7.32. The molecular formula is C16H20N2O2. The van der Waals surface area contributed by atoms with Crippen molar-refractivity contribution in [2.24, 2.45) is 5.92 Å². The first-order chi connectivity index (χ1) is 9.79. The predicted octanol–water partition coefficient (Wildman–Crippen LogP) is 1.48. The van der Waals surface area contributed by atoms with Crippen molar-refractivity contribution in [3.05, 3.63) is 35.9 Å². The van der Waals surface area contributed by atoms with E-state index in [0.717, 1.165) is 24.8 Å². The van der Waals surface area contributed by atoms with Crippen LogP contribution in [0.5, 0.6) is 0 Å². The molecule has 1 heterocycles. The molecule has 2 amide bonds.